The number of rotatable bonds is 12. The van der Waals surface area contributed by atoms with Crippen LogP contribution in [-0.2, 0) is 24.3 Å². The molecule has 0 atom stereocenters. The highest BCUT2D eigenvalue weighted by Gasteiger charge is 2.27. The third-order valence-corrected chi connectivity index (χ3v) is 8.50. The quantitative estimate of drug-likeness (QED) is 0.170. The van der Waals surface area contributed by atoms with Crippen molar-refractivity contribution in [1.82, 2.24) is 19.8 Å². The number of halogens is 1. The molecule has 7 heteroatoms. The van der Waals surface area contributed by atoms with Crippen molar-refractivity contribution in [1.29, 1.82) is 0 Å². The van der Waals surface area contributed by atoms with E-state index in [1.807, 2.05) is 60.7 Å². The maximum absolute atomic E-state index is 14.0. The molecule has 6 nitrogen and oxygen atoms in total. The molecule has 0 radical (unpaired) electrons. The lowest BCUT2D eigenvalue weighted by atomic mass is 9.93. The van der Waals surface area contributed by atoms with E-state index in [1.165, 1.54) is 24.8 Å². The van der Waals surface area contributed by atoms with Gasteiger partial charge in [-0.1, -0.05) is 90.1 Å². The van der Waals surface area contributed by atoms with Crippen molar-refractivity contribution in [2.24, 2.45) is 0 Å². The summed E-state index contributed by atoms with van der Waals surface area (Å²) in [5.74, 6) is 1.08. The Balaban J connectivity index is 1.22. The van der Waals surface area contributed by atoms with E-state index < -0.39 is 0 Å². The molecule has 41 heavy (non-hydrogen) atoms. The molecule has 1 fully saturated rings. The zero-order valence-corrected chi connectivity index (χ0v) is 25.2. The number of amides is 2. The Morgan fingerprint density at radius 3 is 2.49 bits per heavy atom. The number of carbonyl (C=O) groups is 2. The van der Waals surface area contributed by atoms with Crippen LogP contribution in [0.4, 0.5) is 0 Å². The minimum Gasteiger partial charge on any atom is -0.352 e. The number of nitrogens with zero attached hydrogens (tertiary/aromatic N) is 3. The minimum absolute atomic E-state index is 0.0513. The van der Waals surface area contributed by atoms with Gasteiger partial charge >= 0.3 is 0 Å². The van der Waals surface area contributed by atoms with Crippen molar-refractivity contribution in [3.8, 4) is 0 Å². The van der Waals surface area contributed by atoms with E-state index in [4.69, 9.17) is 4.98 Å². The van der Waals surface area contributed by atoms with E-state index >= 15 is 0 Å². The maximum Gasteiger partial charge on any atom is 0.251 e. The summed E-state index contributed by atoms with van der Waals surface area (Å²) < 4.78 is 3.03. The van der Waals surface area contributed by atoms with Gasteiger partial charge in [-0.25, -0.2) is 4.98 Å². The van der Waals surface area contributed by atoms with E-state index in [2.05, 4.69) is 48.9 Å². The lowest BCUT2D eigenvalue weighted by molar-refractivity contribution is -0.135. The largest absolute Gasteiger partial charge is 0.352 e. The topological polar surface area (TPSA) is 67.2 Å². The van der Waals surface area contributed by atoms with Gasteiger partial charge in [-0.15, -0.1) is 0 Å². The van der Waals surface area contributed by atoms with Crippen LogP contribution in [0.5, 0.6) is 0 Å². The van der Waals surface area contributed by atoms with E-state index in [0.29, 0.717) is 31.2 Å². The molecule has 0 saturated heterocycles. The van der Waals surface area contributed by atoms with Gasteiger partial charge in [0.05, 0.1) is 11.0 Å². The molecule has 4 aromatic rings. The van der Waals surface area contributed by atoms with E-state index in [-0.39, 0.29) is 11.8 Å². The number of carbonyl (C=O) groups excluding carboxylic acids is 2. The molecule has 2 amide bonds. The normalized spacial score (nSPS) is 13.8. The third kappa shape index (κ3) is 7.85. The zero-order chi connectivity index (χ0) is 28.4. The molecule has 0 bridgehead atoms. The Labute approximate surface area is 251 Å². The second-order valence-electron chi connectivity index (χ2n) is 11.0. The van der Waals surface area contributed by atoms with Crippen LogP contribution in [0.15, 0.2) is 83.3 Å². The monoisotopic (exact) mass is 614 g/mol. The van der Waals surface area contributed by atoms with Crippen molar-refractivity contribution < 1.29 is 9.59 Å². The molecule has 1 heterocycles. The number of nitrogens with one attached hydrogen (secondary N) is 1. The SMILES string of the molecule is O=C(NCCCCCc1nc2ccccc2n1CC(=O)N(Cc1ccccc1)C1CCCCC1)c1cccc(Br)c1. The van der Waals surface area contributed by atoms with Gasteiger partial charge in [-0.05, 0) is 61.6 Å². The van der Waals surface area contributed by atoms with E-state index in [1.54, 1.807) is 0 Å². The molecule has 1 saturated carbocycles. The van der Waals surface area contributed by atoms with Gasteiger partial charge in [0, 0.05) is 35.6 Å². The summed E-state index contributed by atoms with van der Waals surface area (Å²) in [7, 11) is 0. The molecule has 1 aromatic heterocycles. The number of hydrogen-bond acceptors (Lipinski definition) is 3. The maximum atomic E-state index is 14.0. The lowest BCUT2D eigenvalue weighted by Crippen LogP contribution is -2.42. The van der Waals surface area contributed by atoms with Crippen molar-refractivity contribution in [2.75, 3.05) is 6.54 Å². The highest BCUT2D eigenvalue weighted by molar-refractivity contribution is 9.10. The smallest absolute Gasteiger partial charge is 0.251 e. The summed E-state index contributed by atoms with van der Waals surface area (Å²) in [6.07, 6.45) is 9.39. The number of aromatic nitrogens is 2. The van der Waals surface area contributed by atoms with E-state index in [0.717, 1.165) is 59.9 Å². The van der Waals surface area contributed by atoms with Gasteiger partial charge in [0.2, 0.25) is 5.91 Å². The molecule has 0 spiro atoms. The standard InChI is InChI=1S/C34H39BrN4O2/c35-28-16-12-15-27(23-28)34(41)36-22-11-3-8-21-32-37-30-19-9-10-20-31(30)39(32)25-33(40)38(29-17-6-2-7-18-29)24-26-13-4-1-5-14-26/h1,4-5,9-10,12-16,19-20,23,29H,2-3,6-8,11,17-18,21-22,24-25H2,(H,36,41). The Morgan fingerprint density at radius 2 is 1.68 bits per heavy atom. The fourth-order valence-corrected chi connectivity index (χ4v) is 6.23. The summed E-state index contributed by atoms with van der Waals surface area (Å²) >= 11 is 3.42. The van der Waals surface area contributed by atoms with Crippen LogP contribution >= 0.6 is 15.9 Å². The molecule has 0 aliphatic heterocycles. The molecule has 3 aromatic carbocycles. The number of unbranched alkanes of at least 4 members (excludes halogenated alkanes) is 2. The molecular formula is C34H39BrN4O2. The van der Waals surface area contributed by atoms with Crippen molar-refractivity contribution in [2.45, 2.75) is 76.9 Å². The van der Waals surface area contributed by atoms with Crippen LogP contribution in [0.1, 0.15) is 73.1 Å². The molecule has 5 rings (SSSR count). The second kappa shape index (κ2) is 14.4. The average molecular weight is 616 g/mol. The average Bonchev–Trinajstić information content (AvgIpc) is 3.35. The first-order chi connectivity index (χ1) is 20.1. The first kappa shape index (κ1) is 29.1. The number of hydrogen-bond donors (Lipinski definition) is 1. The predicted octanol–water partition coefficient (Wildman–Crippen LogP) is 7.30. The van der Waals surface area contributed by atoms with Crippen molar-refractivity contribution in [3.05, 3.63) is 100 Å². The molecule has 1 N–H and O–H groups in total. The van der Waals surface area contributed by atoms with Crippen molar-refractivity contribution in [3.63, 3.8) is 0 Å². The van der Waals surface area contributed by atoms with Crippen LogP contribution in [0.3, 0.4) is 0 Å². The fraction of sp³-hybridized carbons (Fsp3) is 0.382. The van der Waals surface area contributed by atoms with Gasteiger partial charge in [0.15, 0.2) is 0 Å². The summed E-state index contributed by atoms with van der Waals surface area (Å²) in [4.78, 5) is 33.4. The molecular weight excluding hydrogens is 576 g/mol. The molecule has 1 aliphatic rings. The molecule has 0 unspecified atom stereocenters. The third-order valence-electron chi connectivity index (χ3n) is 8.01. The van der Waals surface area contributed by atoms with Crippen LogP contribution in [0.2, 0.25) is 0 Å². The van der Waals surface area contributed by atoms with Crippen LogP contribution < -0.4 is 5.32 Å². The van der Waals surface area contributed by atoms with Crippen LogP contribution in [-0.4, -0.2) is 38.9 Å². The fourth-order valence-electron chi connectivity index (χ4n) is 5.83. The highest BCUT2D eigenvalue weighted by Crippen LogP contribution is 2.26. The number of fused-ring (bicyclic) bond motifs is 1. The summed E-state index contributed by atoms with van der Waals surface area (Å²) in [6.45, 7) is 1.59. The molecule has 1 aliphatic carbocycles. The summed E-state index contributed by atoms with van der Waals surface area (Å²) in [5.41, 5.74) is 3.78. The predicted molar refractivity (Wildman–Crippen MR) is 168 cm³/mol. The Bertz CT molecular complexity index is 1450. The Hall–Kier alpha value is -3.45. The highest BCUT2D eigenvalue weighted by atomic mass is 79.9. The minimum atomic E-state index is -0.0513. The van der Waals surface area contributed by atoms with Gasteiger partial charge in [-0.3, -0.25) is 9.59 Å². The van der Waals surface area contributed by atoms with Gasteiger partial charge < -0.3 is 14.8 Å². The van der Waals surface area contributed by atoms with Crippen molar-refractivity contribution >= 4 is 38.8 Å². The first-order valence-electron chi connectivity index (χ1n) is 14.9. The van der Waals surface area contributed by atoms with Gasteiger partial charge in [-0.2, -0.15) is 0 Å². The summed E-state index contributed by atoms with van der Waals surface area (Å²) in [5, 5.41) is 3.02. The van der Waals surface area contributed by atoms with Gasteiger partial charge in [0.25, 0.3) is 5.91 Å². The number of benzene rings is 3. The van der Waals surface area contributed by atoms with E-state index in [9.17, 15) is 9.59 Å². The van der Waals surface area contributed by atoms with Gasteiger partial charge in [0.1, 0.15) is 12.4 Å². The lowest BCUT2D eigenvalue weighted by Gasteiger charge is -2.35. The second-order valence-corrected chi connectivity index (χ2v) is 11.9. The molecule has 214 valence electrons. The zero-order valence-electron chi connectivity index (χ0n) is 23.6. The summed E-state index contributed by atoms with van der Waals surface area (Å²) in [6, 6.07) is 26.2. The number of para-hydroxylation sites is 2. The van der Waals surface area contributed by atoms with Crippen LogP contribution in [0.25, 0.3) is 11.0 Å². The first-order valence-corrected chi connectivity index (χ1v) is 15.7. The van der Waals surface area contributed by atoms with Crippen LogP contribution in [0, 0.1) is 0 Å². The Morgan fingerprint density at radius 1 is 0.902 bits per heavy atom. The number of aryl methyl sites for hydroxylation is 1. The number of imidazole rings is 1. The Kier molecular flexibility index (Phi) is 10.2.